The molecule has 0 aliphatic carbocycles. The fourth-order valence-corrected chi connectivity index (χ4v) is 3.03. The molecule has 1 aliphatic heterocycles. The number of likely N-dealkylation sites (tertiary alicyclic amines) is 1. The smallest absolute Gasteiger partial charge is 0.119 e. The summed E-state index contributed by atoms with van der Waals surface area (Å²) in [6, 6.07) is 11.4. The lowest BCUT2D eigenvalue weighted by atomic mass is 10.1. The van der Waals surface area contributed by atoms with E-state index in [-0.39, 0.29) is 6.61 Å². The van der Waals surface area contributed by atoms with E-state index in [4.69, 9.17) is 10.00 Å². The van der Waals surface area contributed by atoms with E-state index in [9.17, 15) is 5.11 Å². The van der Waals surface area contributed by atoms with Crippen LogP contribution in [0.5, 0.6) is 5.75 Å². The highest BCUT2D eigenvalue weighted by Gasteiger charge is 2.30. The van der Waals surface area contributed by atoms with Crippen molar-refractivity contribution in [1.29, 1.82) is 5.26 Å². The third-order valence-corrected chi connectivity index (χ3v) is 4.22. The van der Waals surface area contributed by atoms with Crippen molar-refractivity contribution >= 4 is 0 Å². The van der Waals surface area contributed by atoms with Gasteiger partial charge in [-0.1, -0.05) is 0 Å². The molecule has 0 amide bonds. The van der Waals surface area contributed by atoms with Crippen LogP contribution in [0.1, 0.15) is 23.0 Å². The van der Waals surface area contributed by atoms with Gasteiger partial charge in [0.15, 0.2) is 0 Å². The Labute approximate surface area is 141 Å². The summed E-state index contributed by atoms with van der Waals surface area (Å²) in [6.45, 7) is 6.71. The number of β-amino-alcohol motifs (C(OH)–C–C–N with tert-alkyl or cyclic N) is 1. The van der Waals surface area contributed by atoms with E-state index in [1.807, 2.05) is 6.92 Å². The molecule has 1 fully saturated rings. The number of rotatable bonds is 6. The zero-order valence-electron chi connectivity index (χ0n) is 14.0. The second-order valence-corrected chi connectivity index (χ2v) is 6.35. The molecule has 6 heteroatoms. The van der Waals surface area contributed by atoms with Crippen LogP contribution in [0.15, 0.2) is 30.3 Å². The Hall–Kier alpha value is -2.36. The van der Waals surface area contributed by atoms with Gasteiger partial charge in [0.05, 0.1) is 23.4 Å². The first-order valence-electron chi connectivity index (χ1n) is 8.11. The van der Waals surface area contributed by atoms with Gasteiger partial charge in [0.1, 0.15) is 18.5 Å². The van der Waals surface area contributed by atoms with Gasteiger partial charge in [-0.3, -0.25) is 9.58 Å². The van der Waals surface area contributed by atoms with Gasteiger partial charge >= 0.3 is 0 Å². The standard InChI is InChI=1S/C18H22N4O2/c1-13-7-14(2)22(20-13)16-9-21(10-16)11-17(23)12-24-18-5-3-15(8-19)4-6-18/h3-7,16-17,23H,9-12H2,1-2H3/t17-/m0/s1. The molecular formula is C18H22N4O2. The summed E-state index contributed by atoms with van der Waals surface area (Å²) >= 11 is 0. The number of aliphatic hydroxyl groups is 1. The summed E-state index contributed by atoms with van der Waals surface area (Å²) in [5.74, 6) is 0.664. The number of aryl methyl sites for hydroxylation is 2. The van der Waals surface area contributed by atoms with Gasteiger partial charge in [0.25, 0.3) is 0 Å². The fraction of sp³-hybridized carbons (Fsp3) is 0.444. The molecule has 2 heterocycles. The number of aromatic nitrogens is 2. The van der Waals surface area contributed by atoms with Crippen LogP contribution in [-0.2, 0) is 0 Å². The first kappa shape index (κ1) is 16.5. The molecule has 1 aliphatic rings. The molecule has 0 radical (unpaired) electrons. The van der Waals surface area contributed by atoms with Gasteiger partial charge in [-0.15, -0.1) is 0 Å². The molecule has 24 heavy (non-hydrogen) atoms. The maximum absolute atomic E-state index is 10.1. The molecule has 0 spiro atoms. The fourth-order valence-electron chi connectivity index (χ4n) is 3.03. The molecule has 6 nitrogen and oxygen atoms in total. The maximum atomic E-state index is 10.1. The number of hydrogen-bond acceptors (Lipinski definition) is 5. The summed E-state index contributed by atoms with van der Waals surface area (Å²) in [4.78, 5) is 2.20. The van der Waals surface area contributed by atoms with Gasteiger partial charge in [-0.25, -0.2) is 0 Å². The van der Waals surface area contributed by atoms with Crippen LogP contribution < -0.4 is 4.74 Å². The van der Waals surface area contributed by atoms with E-state index in [2.05, 4.69) is 33.7 Å². The van der Waals surface area contributed by atoms with Crippen molar-refractivity contribution in [2.24, 2.45) is 0 Å². The van der Waals surface area contributed by atoms with Crippen LogP contribution in [0.2, 0.25) is 0 Å². The highest BCUT2D eigenvalue weighted by atomic mass is 16.5. The number of nitrogens with zero attached hydrogens (tertiary/aromatic N) is 4. The molecule has 1 saturated heterocycles. The number of aliphatic hydroxyl groups excluding tert-OH is 1. The Bertz CT molecular complexity index is 726. The van der Waals surface area contributed by atoms with Gasteiger partial charge < -0.3 is 9.84 Å². The molecule has 0 unspecified atom stereocenters. The number of nitriles is 1. The highest BCUT2D eigenvalue weighted by molar-refractivity contribution is 5.34. The van der Waals surface area contributed by atoms with Gasteiger partial charge in [-0.2, -0.15) is 10.4 Å². The van der Waals surface area contributed by atoms with Crippen molar-refractivity contribution in [2.75, 3.05) is 26.2 Å². The Morgan fingerprint density at radius 3 is 2.62 bits per heavy atom. The minimum absolute atomic E-state index is 0.243. The third-order valence-electron chi connectivity index (χ3n) is 4.22. The maximum Gasteiger partial charge on any atom is 0.119 e. The van der Waals surface area contributed by atoms with Crippen LogP contribution in [0.3, 0.4) is 0 Å². The SMILES string of the molecule is Cc1cc(C)n(C2CN(C[C@H](O)COc3ccc(C#N)cc3)C2)n1. The molecule has 2 aromatic rings. The van der Waals surface area contributed by atoms with Gasteiger partial charge in [0.2, 0.25) is 0 Å². The molecule has 1 aromatic heterocycles. The molecule has 3 rings (SSSR count). The molecule has 1 aromatic carbocycles. The predicted octanol–water partition coefficient (Wildman–Crippen LogP) is 1.67. The Morgan fingerprint density at radius 1 is 1.33 bits per heavy atom. The molecule has 126 valence electrons. The lowest BCUT2D eigenvalue weighted by molar-refractivity contribution is 0.0199. The van der Waals surface area contributed by atoms with E-state index < -0.39 is 6.10 Å². The van der Waals surface area contributed by atoms with E-state index in [1.54, 1.807) is 24.3 Å². The zero-order valence-corrected chi connectivity index (χ0v) is 14.0. The average Bonchev–Trinajstić information content (AvgIpc) is 2.87. The number of hydrogen-bond donors (Lipinski definition) is 1. The lowest BCUT2D eigenvalue weighted by Gasteiger charge is -2.40. The molecular weight excluding hydrogens is 304 g/mol. The quantitative estimate of drug-likeness (QED) is 0.874. The van der Waals surface area contributed by atoms with Crippen LogP contribution >= 0.6 is 0 Å². The molecule has 0 saturated carbocycles. The van der Waals surface area contributed by atoms with Crippen molar-refractivity contribution < 1.29 is 9.84 Å². The van der Waals surface area contributed by atoms with Crippen LogP contribution in [0.25, 0.3) is 0 Å². The number of benzene rings is 1. The van der Waals surface area contributed by atoms with E-state index in [1.165, 1.54) is 5.69 Å². The topological polar surface area (TPSA) is 74.3 Å². The molecule has 1 atom stereocenters. The third kappa shape index (κ3) is 3.75. The molecule has 1 N–H and O–H groups in total. The Morgan fingerprint density at radius 2 is 2.04 bits per heavy atom. The zero-order chi connectivity index (χ0) is 17.1. The van der Waals surface area contributed by atoms with Crippen LogP contribution in [-0.4, -0.2) is 52.1 Å². The summed E-state index contributed by atoms with van der Waals surface area (Å²) in [5, 5.41) is 23.4. The lowest BCUT2D eigenvalue weighted by Crippen LogP contribution is -2.51. The summed E-state index contributed by atoms with van der Waals surface area (Å²) < 4.78 is 7.64. The predicted molar refractivity (Wildman–Crippen MR) is 89.8 cm³/mol. The first-order valence-corrected chi connectivity index (χ1v) is 8.11. The van der Waals surface area contributed by atoms with Crippen LogP contribution in [0.4, 0.5) is 0 Å². The summed E-state index contributed by atoms with van der Waals surface area (Å²) in [7, 11) is 0. The summed E-state index contributed by atoms with van der Waals surface area (Å²) in [5.41, 5.74) is 2.82. The largest absolute Gasteiger partial charge is 0.491 e. The minimum Gasteiger partial charge on any atom is -0.491 e. The normalized spacial score (nSPS) is 16.4. The van der Waals surface area contributed by atoms with E-state index in [0.717, 1.165) is 18.8 Å². The average molecular weight is 326 g/mol. The van der Waals surface area contributed by atoms with Crippen LogP contribution in [0, 0.1) is 25.2 Å². The van der Waals surface area contributed by atoms with Crippen molar-refractivity contribution in [3.05, 3.63) is 47.3 Å². The number of ether oxygens (including phenoxy) is 1. The van der Waals surface area contributed by atoms with Crippen molar-refractivity contribution in [2.45, 2.75) is 26.0 Å². The Balaban J connectivity index is 1.41. The van der Waals surface area contributed by atoms with E-state index >= 15 is 0 Å². The van der Waals surface area contributed by atoms with Gasteiger partial charge in [-0.05, 0) is 44.2 Å². The highest BCUT2D eigenvalue weighted by Crippen LogP contribution is 2.22. The molecule has 0 bridgehead atoms. The van der Waals surface area contributed by atoms with Gasteiger partial charge in [0, 0.05) is 25.3 Å². The van der Waals surface area contributed by atoms with E-state index in [0.29, 0.717) is 23.9 Å². The summed E-state index contributed by atoms with van der Waals surface area (Å²) in [6.07, 6.45) is -0.540. The second kappa shape index (κ2) is 7.04. The van der Waals surface area contributed by atoms with Crippen molar-refractivity contribution in [3.8, 4) is 11.8 Å². The van der Waals surface area contributed by atoms with Crippen molar-refractivity contribution in [1.82, 2.24) is 14.7 Å². The second-order valence-electron chi connectivity index (χ2n) is 6.35. The Kier molecular flexibility index (Phi) is 4.84. The monoisotopic (exact) mass is 326 g/mol. The first-order chi connectivity index (χ1) is 11.5. The van der Waals surface area contributed by atoms with Crippen molar-refractivity contribution in [3.63, 3.8) is 0 Å². The minimum atomic E-state index is -0.540.